The van der Waals surface area contributed by atoms with E-state index in [1.54, 1.807) is 0 Å². The summed E-state index contributed by atoms with van der Waals surface area (Å²) in [7, 11) is 0. The first-order valence-corrected chi connectivity index (χ1v) is 12.7. The molecule has 2 saturated heterocycles. The van der Waals surface area contributed by atoms with Gasteiger partial charge in [0.1, 0.15) is 0 Å². The molecule has 0 radical (unpaired) electrons. The predicted octanol–water partition coefficient (Wildman–Crippen LogP) is 3.80. The Balaban J connectivity index is 1.24. The minimum Gasteiger partial charge on any atom is -0.352 e. The van der Waals surface area contributed by atoms with E-state index in [1.807, 2.05) is 0 Å². The maximum absolute atomic E-state index is 12.5. The molecule has 0 aromatic heterocycles. The van der Waals surface area contributed by atoms with Gasteiger partial charge in [0.2, 0.25) is 5.91 Å². The van der Waals surface area contributed by atoms with Crippen molar-refractivity contribution in [1.29, 1.82) is 0 Å². The van der Waals surface area contributed by atoms with Crippen LogP contribution in [0.4, 0.5) is 0 Å². The lowest BCUT2D eigenvalue weighted by Crippen LogP contribution is -2.52. The SMILES string of the molecule is Cc1cccc(C2NC3C=CC(c4ccccc4)=CN3C2CN2CCN(C(=O)C3CC3)CC2)c1. The summed E-state index contributed by atoms with van der Waals surface area (Å²) in [6, 6.07) is 20.1. The third kappa shape index (κ3) is 4.30. The van der Waals surface area contributed by atoms with Crippen molar-refractivity contribution >= 4 is 11.5 Å². The Morgan fingerprint density at radius 1 is 1.00 bits per heavy atom. The normalized spacial score (nSPS) is 27.0. The largest absolute Gasteiger partial charge is 0.352 e. The number of fused-ring (bicyclic) bond motifs is 1. The molecule has 3 aliphatic heterocycles. The van der Waals surface area contributed by atoms with Crippen molar-refractivity contribution in [2.45, 2.75) is 38.0 Å². The molecule has 0 spiro atoms. The average Bonchev–Trinajstić information content (AvgIpc) is 3.67. The van der Waals surface area contributed by atoms with E-state index < -0.39 is 0 Å². The molecule has 5 nitrogen and oxygen atoms in total. The quantitative estimate of drug-likeness (QED) is 0.746. The Kier molecular flexibility index (Phi) is 5.75. The van der Waals surface area contributed by atoms with Gasteiger partial charge >= 0.3 is 0 Å². The van der Waals surface area contributed by atoms with E-state index in [9.17, 15) is 4.79 Å². The topological polar surface area (TPSA) is 38.8 Å². The van der Waals surface area contributed by atoms with Crippen molar-refractivity contribution in [3.05, 3.63) is 89.6 Å². The lowest BCUT2D eigenvalue weighted by Gasteiger charge is -2.39. The highest BCUT2D eigenvalue weighted by Crippen LogP contribution is 2.36. The number of carbonyl (C=O) groups excluding carboxylic acids is 1. The van der Waals surface area contributed by atoms with E-state index in [-0.39, 0.29) is 12.2 Å². The van der Waals surface area contributed by atoms with Gasteiger partial charge in [0.25, 0.3) is 0 Å². The van der Waals surface area contributed by atoms with Crippen LogP contribution in [0.15, 0.2) is 72.9 Å². The van der Waals surface area contributed by atoms with Crippen LogP contribution in [-0.2, 0) is 4.79 Å². The number of nitrogens with one attached hydrogen (secondary N) is 1. The molecule has 6 rings (SSSR count). The third-order valence-corrected chi connectivity index (χ3v) is 7.75. The number of hydrogen-bond donors (Lipinski definition) is 1. The molecule has 1 N–H and O–H groups in total. The van der Waals surface area contributed by atoms with E-state index in [1.165, 1.54) is 22.3 Å². The standard InChI is InChI=1S/C29H34N4O/c1-21-6-5-9-24(18-21)28-26(20-31-14-16-32(17-15-31)29(34)23-10-11-23)33-19-25(12-13-27(33)30-28)22-7-3-2-4-8-22/h2-9,12-13,18-19,23,26-28,30H,10-11,14-17,20H2,1H3. The van der Waals surface area contributed by atoms with Gasteiger partial charge in [-0.25, -0.2) is 0 Å². The van der Waals surface area contributed by atoms with Gasteiger partial charge in [-0.1, -0.05) is 66.2 Å². The summed E-state index contributed by atoms with van der Waals surface area (Å²) in [6.07, 6.45) is 9.27. The van der Waals surface area contributed by atoms with Crippen molar-refractivity contribution < 1.29 is 4.79 Å². The zero-order valence-electron chi connectivity index (χ0n) is 19.9. The molecule has 3 unspecified atom stereocenters. The molecular formula is C29H34N4O. The Hall–Kier alpha value is -2.89. The van der Waals surface area contributed by atoms with Crippen molar-refractivity contribution in [3.8, 4) is 0 Å². The van der Waals surface area contributed by atoms with Crippen LogP contribution in [0, 0.1) is 12.8 Å². The number of benzene rings is 2. The summed E-state index contributed by atoms with van der Waals surface area (Å²) in [5.74, 6) is 0.704. The van der Waals surface area contributed by atoms with Crippen molar-refractivity contribution in [3.63, 3.8) is 0 Å². The lowest BCUT2D eigenvalue weighted by molar-refractivity contribution is -0.134. The van der Waals surface area contributed by atoms with Gasteiger partial charge in [0.05, 0.1) is 18.2 Å². The number of aryl methyl sites for hydroxylation is 1. The zero-order chi connectivity index (χ0) is 23.1. The van der Waals surface area contributed by atoms with Crippen LogP contribution in [0.25, 0.3) is 5.57 Å². The van der Waals surface area contributed by atoms with Crippen molar-refractivity contribution in [2.75, 3.05) is 32.7 Å². The highest BCUT2D eigenvalue weighted by Gasteiger charge is 2.42. The van der Waals surface area contributed by atoms with Gasteiger partial charge in [-0.05, 0) is 42.5 Å². The number of piperazine rings is 1. The molecule has 2 aromatic carbocycles. The van der Waals surface area contributed by atoms with Gasteiger partial charge in [-0.3, -0.25) is 15.0 Å². The molecule has 34 heavy (non-hydrogen) atoms. The minimum atomic E-state index is 0.195. The first-order chi connectivity index (χ1) is 16.7. The van der Waals surface area contributed by atoms with Gasteiger partial charge in [-0.15, -0.1) is 0 Å². The fourth-order valence-electron chi connectivity index (χ4n) is 5.68. The molecule has 1 amide bonds. The predicted molar refractivity (Wildman–Crippen MR) is 136 cm³/mol. The summed E-state index contributed by atoms with van der Waals surface area (Å²) in [5, 5.41) is 3.90. The number of allylic oxidation sites excluding steroid dienone is 2. The van der Waals surface area contributed by atoms with Crippen LogP contribution < -0.4 is 5.32 Å². The third-order valence-electron chi connectivity index (χ3n) is 7.75. The molecule has 4 aliphatic rings. The molecule has 0 bridgehead atoms. The van der Waals surface area contributed by atoms with Crippen molar-refractivity contribution in [1.82, 2.24) is 20.0 Å². The highest BCUT2D eigenvalue weighted by atomic mass is 16.2. The number of hydrogen-bond acceptors (Lipinski definition) is 4. The Morgan fingerprint density at radius 3 is 2.53 bits per heavy atom. The van der Waals surface area contributed by atoms with E-state index in [4.69, 9.17) is 0 Å². The van der Waals surface area contributed by atoms with Crippen LogP contribution in [0.2, 0.25) is 0 Å². The Morgan fingerprint density at radius 2 is 1.79 bits per heavy atom. The maximum atomic E-state index is 12.5. The van der Waals surface area contributed by atoms with E-state index >= 15 is 0 Å². The van der Waals surface area contributed by atoms with E-state index in [2.05, 4.69) is 99.9 Å². The van der Waals surface area contributed by atoms with Gasteiger partial charge in [0, 0.05) is 44.8 Å². The monoisotopic (exact) mass is 454 g/mol. The van der Waals surface area contributed by atoms with Crippen LogP contribution >= 0.6 is 0 Å². The van der Waals surface area contributed by atoms with Crippen LogP contribution in [0.1, 0.15) is 35.6 Å². The molecule has 1 saturated carbocycles. The van der Waals surface area contributed by atoms with Crippen LogP contribution in [-0.4, -0.2) is 65.5 Å². The van der Waals surface area contributed by atoms with Gasteiger partial charge in [-0.2, -0.15) is 0 Å². The van der Waals surface area contributed by atoms with Crippen LogP contribution in [0.3, 0.4) is 0 Å². The summed E-state index contributed by atoms with van der Waals surface area (Å²) in [4.78, 5) is 19.7. The van der Waals surface area contributed by atoms with Gasteiger partial charge in [0.15, 0.2) is 0 Å². The fraction of sp³-hybridized carbons (Fsp3) is 0.414. The number of rotatable bonds is 5. The van der Waals surface area contributed by atoms with Crippen molar-refractivity contribution in [2.24, 2.45) is 5.92 Å². The molecule has 3 fully saturated rings. The summed E-state index contributed by atoms with van der Waals surface area (Å²) in [6.45, 7) is 6.79. The second-order valence-electron chi connectivity index (χ2n) is 10.2. The second-order valence-corrected chi connectivity index (χ2v) is 10.2. The average molecular weight is 455 g/mol. The minimum absolute atomic E-state index is 0.195. The molecule has 176 valence electrons. The maximum Gasteiger partial charge on any atom is 0.225 e. The van der Waals surface area contributed by atoms with E-state index in [0.29, 0.717) is 17.9 Å². The molecule has 3 heterocycles. The first kappa shape index (κ1) is 21.6. The zero-order valence-corrected chi connectivity index (χ0v) is 19.9. The number of carbonyl (C=O) groups is 1. The summed E-state index contributed by atoms with van der Waals surface area (Å²) in [5.41, 5.74) is 5.16. The Bertz CT molecular complexity index is 1100. The van der Waals surface area contributed by atoms with Gasteiger partial charge < -0.3 is 9.80 Å². The summed E-state index contributed by atoms with van der Waals surface area (Å²) >= 11 is 0. The summed E-state index contributed by atoms with van der Waals surface area (Å²) < 4.78 is 0. The molecular weight excluding hydrogens is 420 g/mol. The smallest absolute Gasteiger partial charge is 0.225 e. The second kappa shape index (κ2) is 9.05. The van der Waals surface area contributed by atoms with E-state index in [0.717, 1.165) is 45.6 Å². The fourth-order valence-corrected chi connectivity index (χ4v) is 5.68. The lowest BCUT2D eigenvalue weighted by atomic mass is 9.97. The van der Waals surface area contributed by atoms with Crippen LogP contribution in [0.5, 0.6) is 0 Å². The highest BCUT2D eigenvalue weighted by molar-refractivity contribution is 5.81. The molecule has 5 heteroatoms. The molecule has 3 atom stereocenters. The Labute approximate surface area is 202 Å². The number of nitrogens with zero attached hydrogens (tertiary/aromatic N) is 3. The number of amides is 1. The molecule has 1 aliphatic carbocycles. The molecule has 2 aromatic rings. The first-order valence-electron chi connectivity index (χ1n) is 12.7.